The van der Waals surface area contributed by atoms with E-state index >= 15 is 0 Å². The van der Waals surface area contributed by atoms with Gasteiger partial charge in [0.25, 0.3) is 0 Å². The Labute approximate surface area is 122 Å². The number of rotatable bonds is 5. The van der Waals surface area contributed by atoms with Crippen LogP contribution in [0.25, 0.3) is 0 Å². The van der Waals surface area contributed by atoms with Gasteiger partial charge in [-0.2, -0.15) is 0 Å². The van der Waals surface area contributed by atoms with Crippen molar-refractivity contribution in [2.75, 3.05) is 26.2 Å². The highest BCUT2D eigenvalue weighted by atomic mass is 14.9. The second-order valence-electron chi connectivity index (χ2n) is 6.22. The Hall–Kier alpha value is -0.0800. The summed E-state index contributed by atoms with van der Waals surface area (Å²) in [6.45, 7) is 17.9. The van der Waals surface area contributed by atoms with Crippen LogP contribution in [0.5, 0.6) is 0 Å². The van der Waals surface area contributed by atoms with E-state index in [2.05, 4.69) is 38.3 Å². The highest BCUT2D eigenvalue weighted by molar-refractivity contribution is 4.89. The summed E-state index contributed by atoms with van der Waals surface area (Å²) in [6.07, 6.45) is 6.94. The molecule has 0 spiro atoms. The van der Waals surface area contributed by atoms with E-state index in [0.717, 1.165) is 6.54 Å². The van der Waals surface area contributed by atoms with Crippen molar-refractivity contribution in [3.05, 3.63) is 0 Å². The molecule has 0 amide bonds. The molecule has 2 fully saturated rings. The van der Waals surface area contributed by atoms with E-state index in [1.807, 2.05) is 13.8 Å². The maximum Gasteiger partial charge on any atom is 0.000808 e. The van der Waals surface area contributed by atoms with Gasteiger partial charge in [0, 0.05) is 13.1 Å². The molecule has 1 saturated heterocycles. The van der Waals surface area contributed by atoms with Crippen molar-refractivity contribution in [1.82, 2.24) is 10.6 Å². The summed E-state index contributed by atoms with van der Waals surface area (Å²) in [5, 5.41) is 6.77. The summed E-state index contributed by atoms with van der Waals surface area (Å²) in [5.41, 5.74) is 1.36. The largest absolute Gasteiger partial charge is 0.316 e. The molecule has 1 heterocycles. The van der Waals surface area contributed by atoms with E-state index in [-0.39, 0.29) is 0 Å². The van der Waals surface area contributed by atoms with Gasteiger partial charge in [0.15, 0.2) is 0 Å². The molecular weight excluding hydrogens is 232 g/mol. The molecule has 0 radical (unpaired) electrons. The Morgan fingerprint density at radius 1 is 1.00 bits per heavy atom. The predicted molar refractivity (Wildman–Crippen MR) is 87.7 cm³/mol. The lowest BCUT2D eigenvalue weighted by Gasteiger charge is -2.23. The van der Waals surface area contributed by atoms with Crippen LogP contribution in [-0.4, -0.2) is 26.2 Å². The summed E-state index contributed by atoms with van der Waals surface area (Å²) < 4.78 is 0. The lowest BCUT2D eigenvalue weighted by Crippen LogP contribution is -2.21. The quantitative estimate of drug-likeness (QED) is 0.782. The molecule has 116 valence electrons. The third-order valence-electron chi connectivity index (χ3n) is 4.74. The molecule has 1 aliphatic carbocycles. The summed E-state index contributed by atoms with van der Waals surface area (Å²) in [7, 11) is 0. The molecule has 2 aliphatic rings. The van der Waals surface area contributed by atoms with Crippen LogP contribution >= 0.6 is 0 Å². The van der Waals surface area contributed by atoms with Crippen LogP contribution in [0, 0.1) is 10.8 Å². The zero-order chi connectivity index (χ0) is 14.8. The van der Waals surface area contributed by atoms with Gasteiger partial charge in [-0.15, -0.1) is 0 Å². The first-order valence-electron chi connectivity index (χ1n) is 8.51. The zero-order valence-corrected chi connectivity index (χ0v) is 14.4. The van der Waals surface area contributed by atoms with E-state index in [0.29, 0.717) is 10.8 Å². The Bertz CT molecular complexity index is 197. The smallest absolute Gasteiger partial charge is 0.000808 e. The molecule has 0 bridgehead atoms. The molecule has 0 atom stereocenters. The molecule has 0 unspecified atom stereocenters. The summed E-state index contributed by atoms with van der Waals surface area (Å²) in [6, 6.07) is 0. The monoisotopic (exact) mass is 270 g/mol. The number of hydrogen-bond donors (Lipinski definition) is 2. The molecule has 2 heteroatoms. The lowest BCUT2D eigenvalue weighted by atomic mass is 9.82. The maximum absolute atomic E-state index is 3.42. The minimum Gasteiger partial charge on any atom is -0.316 e. The first-order chi connectivity index (χ1) is 9.10. The predicted octanol–water partition coefficient (Wildman–Crippen LogP) is 4.21. The van der Waals surface area contributed by atoms with Gasteiger partial charge >= 0.3 is 0 Å². The lowest BCUT2D eigenvalue weighted by molar-refractivity contribution is 0.297. The van der Waals surface area contributed by atoms with Gasteiger partial charge in [-0.05, 0) is 56.0 Å². The summed E-state index contributed by atoms with van der Waals surface area (Å²) in [5.74, 6) is 0. The van der Waals surface area contributed by atoms with Crippen LogP contribution < -0.4 is 10.6 Å². The van der Waals surface area contributed by atoms with E-state index in [1.54, 1.807) is 0 Å². The molecule has 1 aliphatic heterocycles. The molecule has 19 heavy (non-hydrogen) atoms. The van der Waals surface area contributed by atoms with Crippen LogP contribution in [-0.2, 0) is 0 Å². The second kappa shape index (κ2) is 9.77. The standard InChI is InChI=1S/C8H17N.C7H15N.C2H6/c1-3-8(4-2)5-6-9-7-8;1-3-8-6-7(2)4-5-7;1-2/h9H,3-7H2,1-2H3;8H,3-6H2,1-2H3;1-2H3. The summed E-state index contributed by atoms with van der Waals surface area (Å²) >= 11 is 0. The van der Waals surface area contributed by atoms with E-state index in [9.17, 15) is 0 Å². The highest BCUT2D eigenvalue weighted by Gasteiger charge is 2.36. The fourth-order valence-electron chi connectivity index (χ4n) is 2.47. The molecule has 0 aromatic heterocycles. The van der Waals surface area contributed by atoms with Gasteiger partial charge in [-0.1, -0.05) is 41.5 Å². The van der Waals surface area contributed by atoms with Crippen molar-refractivity contribution in [3.63, 3.8) is 0 Å². The van der Waals surface area contributed by atoms with Crippen LogP contribution in [0.4, 0.5) is 0 Å². The van der Waals surface area contributed by atoms with Crippen LogP contribution in [0.1, 0.15) is 73.6 Å². The van der Waals surface area contributed by atoms with Crippen molar-refractivity contribution in [1.29, 1.82) is 0 Å². The molecule has 2 N–H and O–H groups in total. The molecule has 2 nitrogen and oxygen atoms in total. The Kier molecular flexibility index (Phi) is 9.72. The van der Waals surface area contributed by atoms with E-state index in [1.165, 1.54) is 51.7 Å². The van der Waals surface area contributed by atoms with Gasteiger partial charge in [-0.3, -0.25) is 0 Å². The first kappa shape index (κ1) is 18.9. The van der Waals surface area contributed by atoms with Gasteiger partial charge in [0.05, 0.1) is 0 Å². The SMILES string of the molecule is CC.CCC1(CC)CCNC1.CCNCC1(C)CC1. The van der Waals surface area contributed by atoms with Crippen LogP contribution in [0.3, 0.4) is 0 Å². The number of hydrogen-bond acceptors (Lipinski definition) is 2. The van der Waals surface area contributed by atoms with Crippen LogP contribution in [0.2, 0.25) is 0 Å². The minimum atomic E-state index is 0.667. The Balaban J connectivity index is 0.000000303. The van der Waals surface area contributed by atoms with Crippen molar-refractivity contribution < 1.29 is 0 Å². The maximum atomic E-state index is 3.42. The third kappa shape index (κ3) is 7.31. The fraction of sp³-hybridized carbons (Fsp3) is 1.00. The zero-order valence-electron chi connectivity index (χ0n) is 14.4. The minimum absolute atomic E-state index is 0.667. The average molecular weight is 271 g/mol. The van der Waals surface area contributed by atoms with Crippen LogP contribution in [0.15, 0.2) is 0 Å². The van der Waals surface area contributed by atoms with Gasteiger partial charge < -0.3 is 10.6 Å². The Morgan fingerprint density at radius 2 is 1.58 bits per heavy atom. The molecule has 2 rings (SSSR count). The fourth-order valence-corrected chi connectivity index (χ4v) is 2.47. The van der Waals surface area contributed by atoms with Crippen molar-refractivity contribution >= 4 is 0 Å². The second-order valence-corrected chi connectivity index (χ2v) is 6.22. The molecule has 1 saturated carbocycles. The highest BCUT2D eigenvalue weighted by Crippen LogP contribution is 2.43. The molecular formula is C17H38N2. The van der Waals surface area contributed by atoms with E-state index in [4.69, 9.17) is 0 Å². The van der Waals surface area contributed by atoms with Crippen molar-refractivity contribution in [2.24, 2.45) is 10.8 Å². The third-order valence-corrected chi connectivity index (χ3v) is 4.74. The van der Waals surface area contributed by atoms with Crippen molar-refractivity contribution in [2.45, 2.75) is 73.6 Å². The summed E-state index contributed by atoms with van der Waals surface area (Å²) in [4.78, 5) is 0. The van der Waals surface area contributed by atoms with Gasteiger partial charge in [0.2, 0.25) is 0 Å². The van der Waals surface area contributed by atoms with Gasteiger partial charge in [-0.25, -0.2) is 0 Å². The molecule has 0 aromatic carbocycles. The Morgan fingerprint density at radius 3 is 1.84 bits per heavy atom. The van der Waals surface area contributed by atoms with Gasteiger partial charge in [0.1, 0.15) is 0 Å². The first-order valence-corrected chi connectivity index (χ1v) is 8.51. The number of nitrogens with one attached hydrogen (secondary N) is 2. The molecule has 0 aromatic rings. The topological polar surface area (TPSA) is 24.1 Å². The van der Waals surface area contributed by atoms with Crippen molar-refractivity contribution in [3.8, 4) is 0 Å². The van der Waals surface area contributed by atoms with E-state index < -0.39 is 0 Å². The normalized spacial score (nSPS) is 21.8. The average Bonchev–Trinajstić information content (AvgIpc) is 3.02.